The number of alkyl halides is 3. The first-order valence-corrected chi connectivity index (χ1v) is 9.25. The molecule has 0 bridgehead atoms. The molecule has 0 aliphatic carbocycles. The van der Waals surface area contributed by atoms with Gasteiger partial charge in [0.15, 0.2) is 0 Å². The van der Waals surface area contributed by atoms with Crippen LogP contribution in [0, 0.1) is 10.1 Å². The number of nitro groups is 1. The molecule has 0 spiro atoms. The Morgan fingerprint density at radius 3 is 2.48 bits per heavy atom. The van der Waals surface area contributed by atoms with Gasteiger partial charge in [0.25, 0.3) is 5.69 Å². The van der Waals surface area contributed by atoms with Gasteiger partial charge in [-0.25, -0.2) is 0 Å². The maximum absolute atomic E-state index is 12.7. The van der Waals surface area contributed by atoms with Gasteiger partial charge in [0.1, 0.15) is 11.5 Å². The molecule has 0 aliphatic rings. The largest absolute Gasteiger partial charge is 0.513 e. The third-order valence-corrected chi connectivity index (χ3v) is 4.75. The Hall–Kier alpha value is -2.22. The average Bonchev–Trinajstić information content (AvgIpc) is 2.56. The zero-order valence-electron chi connectivity index (χ0n) is 13.8. The van der Waals surface area contributed by atoms with E-state index in [2.05, 4.69) is 0 Å². The third kappa shape index (κ3) is 5.63. The van der Waals surface area contributed by atoms with Crippen LogP contribution >= 0.6 is 19.6 Å². The van der Waals surface area contributed by atoms with Gasteiger partial charge in [0.2, 0.25) is 6.16 Å². The van der Waals surface area contributed by atoms with Gasteiger partial charge >= 0.3 is 14.2 Å². The van der Waals surface area contributed by atoms with Crippen LogP contribution in [0.2, 0.25) is 5.02 Å². The Bertz CT molecular complexity index is 876. The molecule has 0 heterocycles. The van der Waals surface area contributed by atoms with Crippen molar-refractivity contribution in [3.05, 3.63) is 62.7 Å². The molecule has 27 heavy (non-hydrogen) atoms. The summed E-state index contributed by atoms with van der Waals surface area (Å²) in [6, 6.07) is 6.27. The van der Waals surface area contributed by atoms with Crippen molar-refractivity contribution in [2.75, 3.05) is 6.61 Å². The number of ether oxygens (including phenoxy) is 1. The fourth-order valence-electron chi connectivity index (χ4n) is 2.15. The van der Waals surface area contributed by atoms with Gasteiger partial charge < -0.3 is 4.74 Å². The van der Waals surface area contributed by atoms with Crippen molar-refractivity contribution in [3.63, 3.8) is 0 Å². The molecular formula is C16H13ClF3NO5P+. The number of hydrogen-bond acceptors (Lipinski definition) is 5. The highest BCUT2D eigenvalue weighted by atomic mass is 35.5. The first-order valence-electron chi connectivity index (χ1n) is 7.51. The van der Waals surface area contributed by atoms with E-state index >= 15 is 0 Å². The molecule has 6 nitrogen and oxygen atoms in total. The molecule has 2 aromatic carbocycles. The van der Waals surface area contributed by atoms with E-state index in [-0.39, 0.29) is 40.5 Å². The summed E-state index contributed by atoms with van der Waals surface area (Å²) in [5.41, 5.74) is -1.10. The molecule has 0 radical (unpaired) electrons. The summed E-state index contributed by atoms with van der Waals surface area (Å²) in [6.45, 7) is 1.81. The molecule has 1 atom stereocenters. The summed E-state index contributed by atoms with van der Waals surface area (Å²) in [5, 5.41) is 10.8. The molecule has 0 aliphatic heterocycles. The Balaban J connectivity index is 2.31. The average molecular weight is 423 g/mol. The SMILES string of the molecule is CCO[P+](=O)Cc1cc(Oc2ccc(C(F)(F)F)cc2Cl)ccc1[N+](=O)[O-]. The first-order chi connectivity index (χ1) is 12.6. The monoisotopic (exact) mass is 422 g/mol. The lowest BCUT2D eigenvalue weighted by Crippen LogP contribution is -2.04. The van der Waals surface area contributed by atoms with Gasteiger partial charge in [0, 0.05) is 6.07 Å². The summed E-state index contributed by atoms with van der Waals surface area (Å²) in [7, 11) is -2.15. The Morgan fingerprint density at radius 1 is 1.22 bits per heavy atom. The Kier molecular flexibility index (Phi) is 6.75. The molecule has 2 aromatic rings. The lowest BCUT2D eigenvalue weighted by molar-refractivity contribution is -0.385. The fourth-order valence-corrected chi connectivity index (χ4v) is 3.28. The second-order valence-electron chi connectivity index (χ2n) is 5.20. The van der Waals surface area contributed by atoms with Crippen molar-refractivity contribution >= 4 is 25.3 Å². The van der Waals surface area contributed by atoms with Crippen LogP contribution in [0.5, 0.6) is 11.5 Å². The topological polar surface area (TPSA) is 78.7 Å². The fraction of sp³-hybridized carbons (Fsp3) is 0.250. The Morgan fingerprint density at radius 2 is 1.93 bits per heavy atom. The van der Waals surface area contributed by atoms with Gasteiger partial charge in [-0.3, -0.25) is 10.1 Å². The van der Waals surface area contributed by atoms with E-state index in [4.69, 9.17) is 20.9 Å². The van der Waals surface area contributed by atoms with E-state index in [1.54, 1.807) is 6.92 Å². The summed E-state index contributed by atoms with van der Waals surface area (Å²) in [6.07, 6.45) is -4.76. The zero-order valence-corrected chi connectivity index (χ0v) is 15.5. The van der Waals surface area contributed by atoms with Crippen LogP contribution in [0.1, 0.15) is 18.1 Å². The smallest absolute Gasteiger partial charge is 0.456 e. The van der Waals surface area contributed by atoms with Gasteiger partial charge in [0.05, 0.1) is 27.7 Å². The summed E-state index contributed by atoms with van der Waals surface area (Å²) >= 11 is 5.83. The first kappa shape index (κ1) is 21.1. The van der Waals surface area contributed by atoms with Gasteiger partial charge in [-0.05, 0) is 41.8 Å². The molecule has 0 amide bonds. The van der Waals surface area contributed by atoms with Crippen LogP contribution in [0.3, 0.4) is 0 Å². The van der Waals surface area contributed by atoms with Crippen molar-refractivity contribution < 1.29 is 31.9 Å². The summed E-state index contributed by atoms with van der Waals surface area (Å²) in [5.74, 6) is 0.0378. The zero-order chi connectivity index (χ0) is 20.2. The van der Waals surface area contributed by atoms with Gasteiger partial charge in [-0.15, -0.1) is 4.52 Å². The Labute approximate surface area is 157 Å². The van der Waals surface area contributed by atoms with Crippen molar-refractivity contribution in [2.24, 2.45) is 0 Å². The van der Waals surface area contributed by atoms with Crippen LogP contribution in [-0.4, -0.2) is 11.5 Å². The molecule has 1 unspecified atom stereocenters. The second-order valence-corrected chi connectivity index (χ2v) is 6.85. The maximum atomic E-state index is 12.7. The van der Waals surface area contributed by atoms with Crippen molar-refractivity contribution in [1.29, 1.82) is 0 Å². The van der Waals surface area contributed by atoms with E-state index in [9.17, 15) is 27.9 Å². The molecule has 11 heteroatoms. The van der Waals surface area contributed by atoms with E-state index in [0.717, 1.165) is 24.3 Å². The van der Waals surface area contributed by atoms with Gasteiger partial charge in [-0.2, -0.15) is 13.2 Å². The van der Waals surface area contributed by atoms with Crippen LogP contribution in [0.4, 0.5) is 18.9 Å². The summed E-state index contributed by atoms with van der Waals surface area (Å²) in [4.78, 5) is 10.5. The minimum atomic E-state index is -4.55. The molecule has 0 N–H and O–H groups in total. The molecule has 2 rings (SSSR count). The molecule has 0 fully saturated rings. The predicted molar refractivity (Wildman–Crippen MR) is 92.6 cm³/mol. The molecule has 0 aromatic heterocycles. The normalized spacial score (nSPS) is 12.0. The molecule has 0 saturated carbocycles. The quantitative estimate of drug-likeness (QED) is 0.295. The minimum Gasteiger partial charge on any atom is -0.456 e. The van der Waals surface area contributed by atoms with Gasteiger partial charge in [-0.1, -0.05) is 11.6 Å². The van der Waals surface area contributed by atoms with Crippen molar-refractivity contribution in [1.82, 2.24) is 0 Å². The highest BCUT2D eigenvalue weighted by Crippen LogP contribution is 2.38. The highest BCUT2D eigenvalue weighted by Gasteiger charge is 2.31. The third-order valence-electron chi connectivity index (χ3n) is 3.31. The van der Waals surface area contributed by atoms with E-state index in [0.29, 0.717) is 0 Å². The van der Waals surface area contributed by atoms with E-state index < -0.39 is 24.7 Å². The summed E-state index contributed by atoms with van der Waals surface area (Å²) < 4.78 is 60.2. The second kappa shape index (κ2) is 8.65. The minimum absolute atomic E-state index is 0.0568. The molecule has 0 saturated heterocycles. The van der Waals surface area contributed by atoms with Crippen molar-refractivity contribution in [2.45, 2.75) is 19.3 Å². The van der Waals surface area contributed by atoms with Crippen LogP contribution in [0.15, 0.2) is 36.4 Å². The number of nitro benzene ring substituents is 1. The number of benzene rings is 2. The number of nitrogens with zero attached hydrogens (tertiary/aromatic N) is 1. The predicted octanol–water partition coefficient (Wildman–Crippen LogP) is 6.34. The molecule has 144 valence electrons. The lowest BCUT2D eigenvalue weighted by atomic mass is 10.2. The number of rotatable bonds is 7. The van der Waals surface area contributed by atoms with Crippen molar-refractivity contribution in [3.8, 4) is 11.5 Å². The molecular weight excluding hydrogens is 410 g/mol. The van der Waals surface area contributed by atoms with Crippen LogP contribution in [-0.2, 0) is 21.4 Å². The highest BCUT2D eigenvalue weighted by molar-refractivity contribution is 7.38. The number of hydrogen-bond donors (Lipinski definition) is 0. The number of halogens is 4. The van der Waals surface area contributed by atoms with Crippen LogP contribution in [0.25, 0.3) is 0 Å². The lowest BCUT2D eigenvalue weighted by Gasteiger charge is -2.11. The van der Waals surface area contributed by atoms with Crippen LogP contribution < -0.4 is 4.74 Å². The van der Waals surface area contributed by atoms with E-state index in [1.165, 1.54) is 12.1 Å². The van der Waals surface area contributed by atoms with E-state index in [1.807, 2.05) is 0 Å². The standard InChI is InChI=1S/C16H13ClF3NO5P/c1-2-25-27(24)9-10-7-12(4-5-14(10)21(22)23)26-15-6-3-11(8-13(15)17)16(18,19)20/h3-8H,2,9H2,1H3/q+1. The maximum Gasteiger partial charge on any atom is 0.513 e.